The second-order valence-corrected chi connectivity index (χ2v) is 4.70. The number of hydrogen-bond donors (Lipinski definition) is 2. The Balaban J connectivity index is 2.35. The van der Waals surface area contributed by atoms with Gasteiger partial charge in [-0.1, -0.05) is 17.7 Å². The van der Waals surface area contributed by atoms with Crippen LogP contribution in [-0.2, 0) is 4.79 Å². The van der Waals surface area contributed by atoms with Crippen LogP contribution in [0.5, 0.6) is 5.75 Å². The molecule has 1 saturated heterocycles. The van der Waals surface area contributed by atoms with E-state index in [2.05, 4.69) is 0 Å². The number of carbonyl (C=O) groups excluding carboxylic acids is 1. The summed E-state index contributed by atoms with van der Waals surface area (Å²) in [6, 6.07) is 3.44. The van der Waals surface area contributed by atoms with Crippen LogP contribution >= 0.6 is 11.6 Å². The van der Waals surface area contributed by atoms with E-state index in [1.807, 2.05) is 0 Å². The average molecular weight is 256 g/mol. The van der Waals surface area contributed by atoms with Crippen LogP contribution in [0.2, 0.25) is 5.02 Å². The van der Waals surface area contributed by atoms with Crippen molar-refractivity contribution in [2.24, 2.45) is 5.92 Å². The molecule has 1 aromatic carbocycles. The Bertz CT molecular complexity index is 461. The van der Waals surface area contributed by atoms with Crippen molar-refractivity contribution in [3.63, 3.8) is 0 Å². The van der Waals surface area contributed by atoms with E-state index in [0.717, 1.165) is 0 Å². The van der Waals surface area contributed by atoms with Crippen molar-refractivity contribution in [1.82, 2.24) is 0 Å². The van der Waals surface area contributed by atoms with Gasteiger partial charge in [0.1, 0.15) is 10.8 Å². The normalized spacial score (nSPS) is 20.1. The number of aliphatic hydroxyl groups excluding tert-OH is 1. The highest BCUT2D eigenvalue weighted by Crippen LogP contribution is 2.38. The summed E-state index contributed by atoms with van der Waals surface area (Å²) in [5.74, 6) is -0.124. The summed E-state index contributed by atoms with van der Waals surface area (Å²) < 4.78 is 0. The summed E-state index contributed by atoms with van der Waals surface area (Å²) >= 11 is 6.03. The van der Waals surface area contributed by atoms with Crippen molar-refractivity contribution in [2.45, 2.75) is 13.3 Å². The molecule has 1 aromatic rings. The Kier molecular flexibility index (Phi) is 3.26. The van der Waals surface area contributed by atoms with E-state index in [9.17, 15) is 9.90 Å². The van der Waals surface area contributed by atoms with Crippen molar-refractivity contribution < 1.29 is 15.0 Å². The second kappa shape index (κ2) is 4.55. The molecule has 1 atom stereocenters. The lowest BCUT2D eigenvalue weighted by Gasteiger charge is -2.19. The molecule has 92 valence electrons. The summed E-state index contributed by atoms with van der Waals surface area (Å²) in [5, 5.41) is 19.0. The van der Waals surface area contributed by atoms with E-state index >= 15 is 0 Å². The largest absolute Gasteiger partial charge is 0.506 e. The number of phenols is 1. The van der Waals surface area contributed by atoms with Gasteiger partial charge in [0, 0.05) is 25.5 Å². The van der Waals surface area contributed by atoms with Crippen molar-refractivity contribution in [2.75, 3.05) is 18.1 Å². The molecule has 2 rings (SSSR count). The number of benzene rings is 1. The Labute approximate surface area is 104 Å². The second-order valence-electron chi connectivity index (χ2n) is 4.32. The van der Waals surface area contributed by atoms with Gasteiger partial charge in [-0.25, -0.2) is 0 Å². The van der Waals surface area contributed by atoms with Crippen LogP contribution in [0.15, 0.2) is 12.1 Å². The lowest BCUT2D eigenvalue weighted by molar-refractivity contribution is -0.117. The summed E-state index contributed by atoms with van der Waals surface area (Å²) in [4.78, 5) is 13.3. The first-order chi connectivity index (χ1) is 8.04. The number of amides is 1. The van der Waals surface area contributed by atoms with E-state index in [1.165, 1.54) is 4.90 Å². The van der Waals surface area contributed by atoms with Gasteiger partial charge in [0.2, 0.25) is 5.91 Å². The van der Waals surface area contributed by atoms with Crippen molar-refractivity contribution >= 4 is 23.2 Å². The molecule has 1 amide bonds. The van der Waals surface area contributed by atoms with Gasteiger partial charge < -0.3 is 15.1 Å². The topological polar surface area (TPSA) is 60.8 Å². The van der Waals surface area contributed by atoms with Gasteiger partial charge in [0.25, 0.3) is 0 Å². The molecular formula is C12H14ClNO3. The maximum atomic E-state index is 11.8. The van der Waals surface area contributed by atoms with Crippen molar-refractivity contribution in [3.05, 3.63) is 22.7 Å². The third-order valence-electron chi connectivity index (χ3n) is 3.05. The molecule has 17 heavy (non-hydrogen) atoms. The smallest absolute Gasteiger partial charge is 0.227 e. The number of aliphatic hydroxyl groups is 1. The first-order valence-electron chi connectivity index (χ1n) is 5.44. The van der Waals surface area contributed by atoms with Crippen LogP contribution in [0.25, 0.3) is 0 Å². The third kappa shape index (κ3) is 2.10. The highest BCUT2D eigenvalue weighted by molar-refractivity contribution is 6.35. The molecule has 1 unspecified atom stereocenters. The van der Waals surface area contributed by atoms with Crippen LogP contribution in [0.1, 0.15) is 12.0 Å². The number of anilines is 1. The van der Waals surface area contributed by atoms with Crippen LogP contribution in [-0.4, -0.2) is 29.3 Å². The third-order valence-corrected chi connectivity index (χ3v) is 3.42. The van der Waals surface area contributed by atoms with Crippen LogP contribution in [0.4, 0.5) is 5.69 Å². The minimum absolute atomic E-state index is 0.00409. The van der Waals surface area contributed by atoms with Gasteiger partial charge in [0.15, 0.2) is 0 Å². The summed E-state index contributed by atoms with van der Waals surface area (Å²) in [6.45, 7) is 2.17. The van der Waals surface area contributed by atoms with Gasteiger partial charge in [-0.2, -0.15) is 0 Å². The summed E-state index contributed by atoms with van der Waals surface area (Å²) in [7, 11) is 0. The summed E-state index contributed by atoms with van der Waals surface area (Å²) in [5.41, 5.74) is 1.18. The fourth-order valence-electron chi connectivity index (χ4n) is 2.00. The van der Waals surface area contributed by atoms with Gasteiger partial charge in [-0.3, -0.25) is 4.79 Å². The number of halogens is 1. The van der Waals surface area contributed by atoms with Crippen LogP contribution in [0.3, 0.4) is 0 Å². The number of aryl methyl sites for hydroxylation is 1. The molecule has 1 aliphatic heterocycles. The molecule has 4 nitrogen and oxygen atoms in total. The van der Waals surface area contributed by atoms with E-state index in [0.29, 0.717) is 24.2 Å². The average Bonchev–Trinajstić information content (AvgIpc) is 2.68. The summed E-state index contributed by atoms with van der Waals surface area (Å²) in [6.07, 6.45) is 0.321. The van der Waals surface area contributed by atoms with Gasteiger partial charge in [-0.05, 0) is 18.6 Å². The van der Waals surface area contributed by atoms with Crippen LogP contribution < -0.4 is 4.90 Å². The molecule has 2 N–H and O–H groups in total. The van der Waals surface area contributed by atoms with Gasteiger partial charge >= 0.3 is 0 Å². The Hall–Kier alpha value is -1.26. The lowest BCUT2D eigenvalue weighted by atomic mass is 10.1. The maximum Gasteiger partial charge on any atom is 0.227 e. The van der Waals surface area contributed by atoms with Gasteiger partial charge in [-0.15, -0.1) is 0 Å². The SMILES string of the molecule is Cc1ccc(N2CC(CO)CC2=O)c(Cl)c1O. The molecular weight excluding hydrogens is 242 g/mol. The van der Waals surface area contributed by atoms with E-state index in [-0.39, 0.29) is 29.2 Å². The standard InChI is InChI=1S/C12H14ClNO3/c1-7-2-3-9(11(13)12(7)17)14-5-8(6-15)4-10(14)16/h2-3,8,15,17H,4-6H2,1H3. The molecule has 0 saturated carbocycles. The number of phenolic OH excluding ortho intramolecular Hbond substituents is 1. The molecule has 0 bridgehead atoms. The predicted octanol–water partition coefficient (Wildman–Crippen LogP) is 1.70. The molecule has 1 aliphatic rings. The molecule has 5 heteroatoms. The number of aromatic hydroxyl groups is 1. The zero-order valence-corrected chi connectivity index (χ0v) is 10.2. The quantitative estimate of drug-likeness (QED) is 0.846. The number of hydrogen-bond acceptors (Lipinski definition) is 3. The first kappa shape index (κ1) is 12.2. The van der Waals surface area contributed by atoms with E-state index in [4.69, 9.17) is 16.7 Å². The molecule has 1 heterocycles. The fraction of sp³-hybridized carbons (Fsp3) is 0.417. The molecule has 0 aromatic heterocycles. The Morgan fingerprint density at radius 3 is 2.82 bits per heavy atom. The van der Waals surface area contributed by atoms with Crippen LogP contribution in [0, 0.1) is 12.8 Å². The minimum Gasteiger partial charge on any atom is -0.506 e. The van der Waals surface area contributed by atoms with Crippen molar-refractivity contribution in [1.29, 1.82) is 0 Å². The Morgan fingerprint density at radius 2 is 2.24 bits per heavy atom. The zero-order valence-electron chi connectivity index (χ0n) is 9.48. The molecule has 0 radical (unpaired) electrons. The molecule has 0 aliphatic carbocycles. The lowest BCUT2D eigenvalue weighted by Crippen LogP contribution is -2.25. The maximum absolute atomic E-state index is 11.8. The minimum atomic E-state index is -0.0748. The Morgan fingerprint density at radius 1 is 1.53 bits per heavy atom. The number of carbonyl (C=O) groups is 1. The fourth-order valence-corrected chi connectivity index (χ4v) is 2.31. The number of nitrogens with zero attached hydrogens (tertiary/aromatic N) is 1. The highest BCUT2D eigenvalue weighted by Gasteiger charge is 2.31. The predicted molar refractivity (Wildman–Crippen MR) is 65.4 cm³/mol. The first-order valence-corrected chi connectivity index (χ1v) is 5.81. The van der Waals surface area contributed by atoms with Gasteiger partial charge in [0.05, 0.1) is 5.69 Å². The molecule has 1 fully saturated rings. The highest BCUT2D eigenvalue weighted by atomic mass is 35.5. The molecule has 0 spiro atoms. The van der Waals surface area contributed by atoms with E-state index < -0.39 is 0 Å². The number of rotatable bonds is 2. The zero-order chi connectivity index (χ0) is 12.6. The van der Waals surface area contributed by atoms with E-state index in [1.54, 1.807) is 19.1 Å². The monoisotopic (exact) mass is 255 g/mol. The van der Waals surface area contributed by atoms with Crippen molar-refractivity contribution in [3.8, 4) is 5.75 Å².